The summed E-state index contributed by atoms with van der Waals surface area (Å²) in [5, 5.41) is 12.4. The van der Waals surface area contributed by atoms with E-state index in [1.54, 1.807) is 0 Å². The van der Waals surface area contributed by atoms with Gasteiger partial charge in [-0.2, -0.15) is 0 Å². The van der Waals surface area contributed by atoms with Gasteiger partial charge in [0.15, 0.2) is 0 Å². The molecule has 1 amide bonds. The van der Waals surface area contributed by atoms with Gasteiger partial charge in [-0.3, -0.25) is 9.59 Å². The Kier molecular flexibility index (Phi) is 8.06. The first kappa shape index (κ1) is 24.1. The van der Waals surface area contributed by atoms with Gasteiger partial charge in [0.25, 0.3) is 0 Å². The lowest BCUT2D eigenvalue weighted by Crippen LogP contribution is -2.37. The second-order valence-corrected chi connectivity index (χ2v) is 10.3. The van der Waals surface area contributed by atoms with Crippen LogP contribution in [0.2, 0.25) is 0 Å². The zero-order valence-electron chi connectivity index (χ0n) is 19.5. The average molecular weight is 478 g/mol. The van der Waals surface area contributed by atoms with Crippen LogP contribution in [0.5, 0.6) is 0 Å². The van der Waals surface area contributed by atoms with Gasteiger partial charge in [-0.1, -0.05) is 84.8 Å². The number of carbonyl (C=O) groups excluding carboxylic acids is 2. The standard InChI is InChI=1S/C27H31N3O3S/c1-20-29-30-26(34-20)28-25(32)27(16-8-9-17-27)18-23(15-14-21-10-4-2-5-11-21)24(31)33-19-22-12-6-3-7-13-22/h2-7,10-13,23H,8-9,14-19H2,1H3,(H,28,30,32). The van der Waals surface area contributed by atoms with E-state index in [9.17, 15) is 9.59 Å². The van der Waals surface area contributed by atoms with Crippen LogP contribution in [0.15, 0.2) is 60.7 Å². The summed E-state index contributed by atoms with van der Waals surface area (Å²) < 4.78 is 5.74. The number of amides is 1. The SMILES string of the molecule is Cc1nnc(NC(=O)C2(CC(CCc3ccccc3)C(=O)OCc3ccccc3)CCCC2)s1. The second-order valence-electron chi connectivity index (χ2n) is 9.09. The lowest BCUT2D eigenvalue weighted by Gasteiger charge is -2.30. The van der Waals surface area contributed by atoms with Gasteiger partial charge < -0.3 is 10.1 Å². The lowest BCUT2D eigenvalue weighted by molar-refractivity contribution is -0.152. The highest BCUT2D eigenvalue weighted by molar-refractivity contribution is 7.15. The Bertz CT molecular complexity index is 1080. The first-order valence-corrected chi connectivity index (χ1v) is 12.7. The zero-order valence-corrected chi connectivity index (χ0v) is 20.4. The summed E-state index contributed by atoms with van der Waals surface area (Å²) in [6.07, 6.45) is 5.38. The summed E-state index contributed by atoms with van der Waals surface area (Å²) in [6, 6.07) is 19.8. The molecule has 2 aromatic carbocycles. The molecule has 1 unspecified atom stereocenters. The van der Waals surface area contributed by atoms with Crippen molar-refractivity contribution in [3.05, 3.63) is 76.8 Å². The van der Waals surface area contributed by atoms with Crippen molar-refractivity contribution in [2.24, 2.45) is 11.3 Å². The number of hydrogen-bond donors (Lipinski definition) is 1. The maximum absolute atomic E-state index is 13.4. The van der Waals surface area contributed by atoms with Crippen LogP contribution in [0, 0.1) is 18.3 Å². The average Bonchev–Trinajstić information content (AvgIpc) is 3.51. The van der Waals surface area contributed by atoms with Gasteiger partial charge in [-0.05, 0) is 50.2 Å². The van der Waals surface area contributed by atoms with Crippen LogP contribution in [0.1, 0.15) is 54.7 Å². The molecule has 1 aromatic heterocycles. The minimum atomic E-state index is -0.591. The van der Waals surface area contributed by atoms with Crippen LogP contribution in [0.3, 0.4) is 0 Å². The first-order chi connectivity index (χ1) is 16.5. The number of carbonyl (C=O) groups is 2. The minimum absolute atomic E-state index is 0.0540. The second kappa shape index (κ2) is 11.4. The number of esters is 1. The van der Waals surface area contributed by atoms with Crippen molar-refractivity contribution in [3.63, 3.8) is 0 Å². The third kappa shape index (κ3) is 6.29. The molecule has 1 aliphatic carbocycles. The molecule has 1 fully saturated rings. The molecule has 1 heterocycles. The normalized spacial score (nSPS) is 15.6. The van der Waals surface area contributed by atoms with E-state index in [1.165, 1.54) is 16.9 Å². The van der Waals surface area contributed by atoms with Gasteiger partial charge in [0.2, 0.25) is 11.0 Å². The molecule has 1 aliphatic rings. The molecule has 7 heteroatoms. The molecule has 0 aliphatic heterocycles. The molecule has 0 radical (unpaired) electrons. The molecule has 0 spiro atoms. The van der Waals surface area contributed by atoms with Crippen molar-refractivity contribution >= 4 is 28.3 Å². The smallest absolute Gasteiger partial charge is 0.309 e. The Labute approximate surface area is 204 Å². The van der Waals surface area contributed by atoms with Gasteiger partial charge in [0.05, 0.1) is 11.3 Å². The van der Waals surface area contributed by atoms with E-state index in [0.717, 1.165) is 42.7 Å². The van der Waals surface area contributed by atoms with Crippen LogP contribution in [-0.4, -0.2) is 22.1 Å². The van der Waals surface area contributed by atoms with Crippen LogP contribution >= 0.6 is 11.3 Å². The number of hydrogen-bond acceptors (Lipinski definition) is 6. The Morgan fingerprint density at radius 2 is 1.65 bits per heavy atom. The van der Waals surface area contributed by atoms with Gasteiger partial charge in [-0.15, -0.1) is 10.2 Å². The van der Waals surface area contributed by atoms with Crippen molar-refractivity contribution in [1.82, 2.24) is 10.2 Å². The number of anilines is 1. The third-order valence-corrected chi connectivity index (χ3v) is 7.36. The zero-order chi connectivity index (χ0) is 23.8. The molecule has 0 saturated heterocycles. The number of nitrogens with one attached hydrogen (secondary N) is 1. The molecular formula is C27H31N3O3S. The van der Waals surface area contributed by atoms with Crippen LogP contribution < -0.4 is 5.32 Å². The largest absolute Gasteiger partial charge is 0.461 e. The predicted octanol–water partition coefficient (Wildman–Crippen LogP) is 5.73. The maximum Gasteiger partial charge on any atom is 0.309 e. The highest BCUT2D eigenvalue weighted by Gasteiger charge is 2.44. The van der Waals surface area contributed by atoms with Gasteiger partial charge >= 0.3 is 5.97 Å². The molecule has 1 saturated carbocycles. The molecule has 6 nitrogen and oxygen atoms in total. The fourth-order valence-electron chi connectivity index (χ4n) is 4.76. The Balaban J connectivity index is 1.49. The van der Waals surface area contributed by atoms with E-state index in [4.69, 9.17) is 4.74 Å². The van der Waals surface area contributed by atoms with Crippen molar-refractivity contribution < 1.29 is 14.3 Å². The third-order valence-electron chi connectivity index (χ3n) is 6.61. The molecular weight excluding hydrogens is 446 g/mol. The van der Waals surface area contributed by atoms with E-state index < -0.39 is 5.41 Å². The van der Waals surface area contributed by atoms with Crippen molar-refractivity contribution in [2.45, 2.75) is 58.5 Å². The quantitative estimate of drug-likeness (QED) is 0.377. The summed E-state index contributed by atoms with van der Waals surface area (Å²) in [4.78, 5) is 26.7. The molecule has 3 aromatic rings. The summed E-state index contributed by atoms with van der Waals surface area (Å²) in [5.74, 6) is -0.642. The maximum atomic E-state index is 13.4. The molecule has 4 rings (SSSR count). The topological polar surface area (TPSA) is 81.2 Å². The Hall–Kier alpha value is -3.06. The molecule has 34 heavy (non-hydrogen) atoms. The van der Waals surface area contributed by atoms with Crippen LogP contribution in [-0.2, 0) is 27.4 Å². The number of rotatable bonds is 10. The highest BCUT2D eigenvalue weighted by Crippen LogP contribution is 2.45. The fraction of sp³-hybridized carbons (Fsp3) is 0.407. The summed E-state index contributed by atoms with van der Waals surface area (Å²) in [6.45, 7) is 2.10. The number of benzene rings is 2. The number of aryl methyl sites for hydroxylation is 2. The fourth-order valence-corrected chi connectivity index (χ4v) is 5.35. The van der Waals surface area contributed by atoms with E-state index in [0.29, 0.717) is 18.0 Å². The Morgan fingerprint density at radius 1 is 1.00 bits per heavy atom. The van der Waals surface area contributed by atoms with E-state index in [1.807, 2.05) is 55.5 Å². The van der Waals surface area contributed by atoms with Crippen molar-refractivity contribution in [2.75, 3.05) is 5.32 Å². The molecule has 0 bridgehead atoms. The molecule has 1 N–H and O–H groups in total. The monoisotopic (exact) mass is 477 g/mol. The van der Waals surface area contributed by atoms with Crippen molar-refractivity contribution in [1.29, 1.82) is 0 Å². The van der Waals surface area contributed by atoms with Crippen LogP contribution in [0.4, 0.5) is 5.13 Å². The van der Waals surface area contributed by atoms with E-state index >= 15 is 0 Å². The van der Waals surface area contributed by atoms with Gasteiger partial charge in [-0.25, -0.2) is 0 Å². The molecule has 178 valence electrons. The molecule has 1 atom stereocenters. The highest BCUT2D eigenvalue weighted by atomic mass is 32.1. The number of aromatic nitrogens is 2. The first-order valence-electron chi connectivity index (χ1n) is 11.9. The summed E-state index contributed by atoms with van der Waals surface area (Å²) in [7, 11) is 0. The predicted molar refractivity (Wildman–Crippen MR) is 133 cm³/mol. The van der Waals surface area contributed by atoms with Crippen LogP contribution in [0.25, 0.3) is 0 Å². The van der Waals surface area contributed by atoms with Crippen molar-refractivity contribution in [3.8, 4) is 0 Å². The van der Waals surface area contributed by atoms with E-state index in [2.05, 4.69) is 27.6 Å². The number of nitrogens with zero attached hydrogens (tertiary/aromatic N) is 2. The minimum Gasteiger partial charge on any atom is -0.461 e. The summed E-state index contributed by atoms with van der Waals surface area (Å²) >= 11 is 1.37. The van der Waals surface area contributed by atoms with E-state index in [-0.39, 0.29) is 24.4 Å². The Morgan fingerprint density at radius 3 is 2.26 bits per heavy atom. The number of ether oxygens (including phenoxy) is 1. The van der Waals surface area contributed by atoms with Gasteiger partial charge in [0, 0.05) is 0 Å². The summed E-state index contributed by atoms with van der Waals surface area (Å²) in [5.41, 5.74) is 1.54. The lowest BCUT2D eigenvalue weighted by atomic mass is 9.75. The van der Waals surface area contributed by atoms with Gasteiger partial charge in [0.1, 0.15) is 11.6 Å².